The first kappa shape index (κ1) is 13.8. The molecule has 0 fully saturated rings. The van der Waals surface area contributed by atoms with Gasteiger partial charge in [-0.25, -0.2) is 0 Å². The summed E-state index contributed by atoms with van der Waals surface area (Å²) in [5, 5.41) is 12.1. The highest BCUT2D eigenvalue weighted by Crippen LogP contribution is 2.22. The largest absolute Gasteiger partial charge is 0.496 e. The van der Waals surface area contributed by atoms with E-state index in [1.165, 1.54) is 0 Å². The van der Waals surface area contributed by atoms with Gasteiger partial charge in [-0.1, -0.05) is 11.6 Å². The normalized spacial score (nSPS) is 12.0. The standard InChI is InChI=1S/C12H16ClNO3/c1-8(7-15)14-12(16)6-9-5-10(13)3-4-11(9)17-2/h3-5,8,15H,6-7H2,1-2H3,(H,14,16)/t8-/m1/s1. The molecule has 0 unspecified atom stereocenters. The summed E-state index contributed by atoms with van der Waals surface area (Å²) in [5.74, 6) is 0.452. The molecule has 4 nitrogen and oxygen atoms in total. The summed E-state index contributed by atoms with van der Waals surface area (Å²) in [6.45, 7) is 1.64. The first-order valence-electron chi connectivity index (χ1n) is 5.29. The van der Waals surface area contributed by atoms with Gasteiger partial charge in [0.15, 0.2) is 0 Å². The van der Waals surface area contributed by atoms with Crippen LogP contribution in [0.3, 0.4) is 0 Å². The van der Waals surface area contributed by atoms with E-state index >= 15 is 0 Å². The molecule has 1 aromatic rings. The van der Waals surface area contributed by atoms with Crippen LogP contribution in [0.2, 0.25) is 5.02 Å². The highest BCUT2D eigenvalue weighted by molar-refractivity contribution is 6.30. The van der Waals surface area contributed by atoms with Crippen LogP contribution in [0, 0.1) is 0 Å². The van der Waals surface area contributed by atoms with Crippen LogP contribution in [-0.4, -0.2) is 30.8 Å². The van der Waals surface area contributed by atoms with Gasteiger partial charge in [0.1, 0.15) is 5.75 Å². The number of methoxy groups -OCH3 is 1. The number of nitrogens with one attached hydrogen (secondary N) is 1. The minimum absolute atomic E-state index is 0.0849. The lowest BCUT2D eigenvalue weighted by molar-refractivity contribution is -0.121. The van der Waals surface area contributed by atoms with Crippen molar-refractivity contribution < 1.29 is 14.6 Å². The van der Waals surface area contributed by atoms with Crippen LogP contribution in [0.5, 0.6) is 5.75 Å². The number of benzene rings is 1. The van der Waals surface area contributed by atoms with Gasteiger partial charge >= 0.3 is 0 Å². The van der Waals surface area contributed by atoms with Crippen molar-refractivity contribution in [1.29, 1.82) is 0 Å². The second-order valence-electron chi connectivity index (χ2n) is 3.78. The predicted molar refractivity (Wildman–Crippen MR) is 66.4 cm³/mol. The van der Waals surface area contributed by atoms with E-state index in [1.54, 1.807) is 32.2 Å². The highest BCUT2D eigenvalue weighted by Gasteiger charge is 2.11. The number of rotatable bonds is 5. The van der Waals surface area contributed by atoms with Gasteiger partial charge < -0.3 is 15.2 Å². The number of ether oxygens (including phenoxy) is 1. The molecule has 0 radical (unpaired) electrons. The maximum absolute atomic E-state index is 11.6. The minimum atomic E-state index is -0.257. The van der Waals surface area contributed by atoms with Gasteiger partial charge in [0.2, 0.25) is 5.91 Å². The van der Waals surface area contributed by atoms with Gasteiger partial charge in [-0.05, 0) is 25.1 Å². The Morgan fingerprint density at radius 1 is 1.59 bits per heavy atom. The average Bonchev–Trinajstić information content (AvgIpc) is 2.29. The summed E-state index contributed by atoms with van der Waals surface area (Å²) in [5.41, 5.74) is 0.725. The van der Waals surface area contributed by atoms with Crippen molar-refractivity contribution in [3.05, 3.63) is 28.8 Å². The van der Waals surface area contributed by atoms with Crippen LogP contribution < -0.4 is 10.1 Å². The van der Waals surface area contributed by atoms with Gasteiger partial charge in [-0.2, -0.15) is 0 Å². The smallest absolute Gasteiger partial charge is 0.224 e. The average molecular weight is 258 g/mol. The van der Waals surface area contributed by atoms with E-state index in [0.29, 0.717) is 10.8 Å². The predicted octanol–water partition coefficient (Wildman–Crippen LogP) is 1.39. The molecule has 0 saturated carbocycles. The fraction of sp³-hybridized carbons (Fsp3) is 0.417. The Kier molecular flexibility index (Phi) is 5.25. The third-order valence-corrected chi connectivity index (χ3v) is 2.51. The van der Waals surface area contributed by atoms with Crippen molar-refractivity contribution in [2.45, 2.75) is 19.4 Å². The van der Waals surface area contributed by atoms with Gasteiger partial charge in [-0.3, -0.25) is 4.79 Å². The van der Waals surface area contributed by atoms with Crippen molar-refractivity contribution in [2.75, 3.05) is 13.7 Å². The molecule has 1 aromatic carbocycles. The van der Waals surface area contributed by atoms with Gasteiger partial charge in [0.05, 0.1) is 20.1 Å². The molecule has 0 aliphatic heterocycles. The fourth-order valence-corrected chi connectivity index (χ4v) is 1.62. The molecule has 0 aliphatic rings. The summed E-state index contributed by atoms with van der Waals surface area (Å²) in [6, 6.07) is 4.87. The highest BCUT2D eigenvalue weighted by atomic mass is 35.5. The zero-order valence-corrected chi connectivity index (χ0v) is 10.6. The number of aliphatic hydroxyl groups excluding tert-OH is 1. The number of amides is 1. The second-order valence-corrected chi connectivity index (χ2v) is 4.22. The maximum Gasteiger partial charge on any atom is 0.224 e. The summed E-state index contributed by atoms with van der Waals surface area (Å²) < 4.78 is 5.14. The minimum Gasteiger partial charge on any atom is -0.496 e. The van der Waals surface area contributed by atoms with Crippen molar-refractivity contribution in [3.63, 3.8) is 0 Å². The molecule has 1 amide bonds. The number of carbonyl (C=O) groups excluding carboxylic acids is 1. The zero-order chi connectivity index (χ0) is 12.8. The molecule has 0 aliphatic carbocycles. The maximum atomic E-state index is 11.6. The molecule has 5 heteroatoms. The monoisotopic (exact) mass is 257 g/mol. The summed E-state index contributed by atoms with van der Waals surface area (Å²) in [4.78, 5) is 11.6. The molecular formula is C12H16ClNO3. The van der Waals surface area contributed by atoms with Gasteiger partial charge in [0.25, 0.3) is 0 Å². The Bertz CT molecular complexity index is 395. The van der Waals surface area contributed by atoms with E-state index in [4.69, 9.17) is 21.4 Å². The number of aliphatic hydroxyl groups is 1. The molecule has 17 heavy (non-hydrogen) atoms. The lowest BCUT2D eigenvalue weighted by Gasteiger charge is -2.12. The summed E-state index contributed by atoms with van der Waals surface area (Å²) >= 11 is 5.86. The Balaban J connectivity index is 2.73. The quantitative estimate of drug-likeness (QED) is 0.838. The molecule has 0 aromatic heterocycles. The van der Waals surface area contributed by atoms with Crippen LogP contribution in [0.15, 0.2) is 18.2 Å². The molecule has 0 heterocycles. The Morgan fingerprint density at radius 2 is 2.29 bits per heavy atom. The third-order valence-electron chi connectivity index (χ3n) is 2.27. The van der Waals surface area contributed by atoms with Crippen molar-refractivity contribution in [3.8, 4) is 5.75 Å². The van der Waals surface area contributed by atoms with Crippen LogP contribution in [0.4, 0.5) is 0 Å². The SMILES string of the molecule is COc1ccc(Cl)cc1CC(=O)N[C@H](C)CO. The number of hydrogen-bond acceptors (Lipinski definition) is 3. The van der Waals surface area contributed by atoms with E-state index in [-0.39, 0.29) is 25.0 Å². The molecule has 0 spiro atoms. The lowest BCUT2D eigenvalue weighted by Crippen LogP contribution is -2.36. The van der Waals surface area contributed by atoms with Crippen LogP contribution in [-0.2, 0) is 11.2 Å². The molecule has 0 bridgehead atoms. The Labute approximate surface area is 106 Å². The van der Waals surface area contributed by atoms with E-state index in [2.05, 4.69) is 5.32 Å². The topological polar surface area (TPSA) is 58.6 Å². The van der Waals surface area contributed by atoms with Crippen molar-refractivity contribution in [2.24, 2.45) is 0 Å². The van der Waals surface area contributed by atoms with Gasteiger partial charge in [0, 0.05) is 16.6 Å². The lowest BCUT2D eigenvalue weighted by atomic mass is 10.1. The van der Waals surface area contributed by atoms with Gasteiger partial charge in [-0.15, -0.1) is 0 Å². The van der Waals surface area contributed by atoms with Crippen LogP contribution in [0.1, 0.15) is 12.5 Å². The molecule has 1 atom stereocenters. The number of carbonyl (C=O) groups is 1. The van der Waals surface area contributed by atoms with E-state index < -0.39 is 0 Å². The first-order chi connectivity index (χ1) is 8.06. The molecule has 0 saturated heterocycles. The van der Waals surface area contributed by atoms with Crippen molar-refractivity contribution >= 4 is 17.5 Å². The van der Waals surface area contributed by atoms with Crippen LogP contribution >= 0.6 is 11.6 Å². The number of halogens is 1. The fourth-order valence-electron chi connectivity index (χ4n) is 1.43. The number of hydrogen-bond donors (Lipinski definition) is 2. The third kappa shape index (κ3) is 4.24. The second kappa shape index (κ2) is 6.47. The van der Waals surface area contributed by atoms with Crippen LogP contribution in [0.25, 0.3) is 0 Å². The molecule has 1 rings (SSSR count). The van der Waals surface area contributed by atoms with Crippen molar-refractivity contribution in [1.82, 2.24) is 5.32 Å². The van der Waals surface area contributed by atoms with E-state index in [9.17, 15) is 4.79 Å². The zero-order valence-electron chi connectivity index (χ0n) is 9.87. The molecule has 2 N–H and O–H groups in total. The first-order valence-corrected chi connectivity index (χ1v) is 5.67. The molecule has 94 valence electrons. The molecular weight excluding hydrogens is 242 g/mol. The summed E-state index contributed by atoms with van der Waals surface area (Å²) in [6.07, 6.45) is 0.175. The Hall–Kier alpha value is -1.26. The van der Waals surface area contributed by atoms with E-state index in [1.807, 2.05) is 0 Å². The Morgan fingerprint density at radius 3 is 2.88 bits per heavy atom. The summed E-state index contributed by atoms with van der Waals surface area (Å²) in [7, 11) is 1.54. The van der Waals surface area contributed by atoms with E-state index in [0.717, 1.165) is 5.56 Å².